The molecule has 168 valence electrons. The lowest BCUT2D eigenvalue weighted by Gasteiger charge is -2.59. The van der Waals surface area contributed by atoms with E-state index in [0.29, 0.717) is 29.3 Å². The van der Waals surface area contributed by atoms with Gasteiger partial charge in [-0.15, -0.1) is 10.2 Å². The third kappa shape index (κ3) is 3.60. The smallest absolute Gasteiger partial charge is 0.207 e. The van der Waals surface area contributed by atoms with Gasteiger partial charge >= 0.3 is 0 Å². The largest absolute Gasteiger partial charge is 0.478 e. The van der Waals surface area contributed by atoms with Crippen LogP contribution in [0.15, 0.2) is 23.2 Å². The average molecular weight is 458 g/mol. The van der Waals surface area contributed by atoms with Crippen molar-refractivity contribution in [3.05, 3.63) is 34.9 Å². The number of halogens is 2. The topological polar surface area (TPSA) is 112 Å². The first kappa shape index (κ1) is 21.1. The monoisotopic (exact) mass is 457 g/mol. The summed E-state index contributed by atoms with van der Waals surface area (Å²) in [5, 5.41) is 28.2. The van der Waals surface area contributed by atoms with Gasteiger partial charge in [0.1, 0.15) is 11.6 Å². The van der Waals surface area contributed by atoms with Crippen molar-refractivity contribution in [3.63, 3.8) is 0 Å². The van der Waals surface area contributed by atoms with Crippen molar-refractivity contribution in [1.82, 2.24) is 25.9 Å². The van der Waals surface area contributed by atoms with Crippen LogP contribution in [0.1, 0.15) is 51.8 Å². The van der Waals surface area contributed by atoms with Gasteiger partial charge in [-0.05, 0) is 81.9 Å². The molecule has 4 aliphatic carbocycles. The summed E-state index contributed by atoms with van der Waals surface area (Å²) in [7, 11) is 0. The van der Waals surface area contributed by atoms with Gasteiger partial charge in [-0.1, -0.05) is 16.8 Å². The van der Waals surface area contributed by atoms with Gasteiger partial charge in [0.25, 0.3) is 0 Å². The molecule has 0 saturated heterocycles. The minimum Gasteiger partial charge on any atom is -0.478 e. The van der Waals surface area contributed by atoms with E-state index in [9.17, 15) is 9.65 Å². The highest BCUT2D eigenvalue weighted by Crippen LogP contribution is 2.60. The van der Waals surface area contributed by atoms with E-state index in [1.54, 1.807) is 0 Å². The highest BCUT2D eigenvalue weighted by Gasteiger charge is 2.58. The predicted molar refractivity (Wildman–Crippen MR) is 115 cm³/mol. The van der Waals surface area contributed by atoms with E-state index in [0.717, 1.165) is 37.9 Å². The maximum Gasteiger partial charge on any atom is 0.207 e. The maximum atomic E-state index is 13.4. The van der Waals surface area contributed by atoms with Crippen molar-refractivity contribution in [2.75, 3.05) is 0 Å². The quantitative estimate of drug-likeness (QED) is 0.401. The van der Waals surface area contributed by atoms with E-state index >= 15 is 0 Å². The summed E-state index contributed by atoms with van der Waals surface area (Å²) in [4.78, 5) is 4.09. The Bertz CT molecular complexity index is 1060. The van der Waals surface area contributed by atoms with Crippen molar-refractivity contribution in [2.24, 2.45) is 22.7 Å². The molecule has 2 atom stereocenters. The van der Waals surface area contributed by atoms with Crippen LogP contribution >= 0.6 is 11.6 Å². The molecule has 2 aromatic rings. The van der Waals surface area contributed by atoms with Crippen LogP contribution in [0.4, 0.5) is 4.39 Å². The third-order valence-corrected chi connectivity index (χ3v) is 7.68. The SMILES string of the molecule is CC(C)(Oc1ccc(F)cc1Cl)/C(=N/C#N)NC1C2CC3CC1CC(c1nn[nH]n1)(C3)C2. The number of nitrogens with zero attached hydrogens (tertiary/aromatic N) is 5. The molecule has 1 aromatic heterocycles. The lowest BCUT2D eigenvalue weighted by atomic mass is 9.47. The first-order valence-electron chi connectivity index (χ1n) is 10.9. The molecular weight excluding hydrogens is 433 g/mol. The summed E-state index contributed by atoms with van der Waals surface area (Å²) in [5.74, 6) is 2.69. The van der Waals surface area contributed by atoms with Crippen molar-refractivity contribution in [1.29, 1.82) is 5.26 Å². The van der Waals surface area contributed by atoms with Gasteiger partial charge in [0, 0.05) is 11.5 Å². The van der Waals surface area contributed by atoms with Crippen LogP contribution in [0.3, 0.4) is 0 Å². The van der Waals surface area contributed by atoms with E-state index in [-0.39, 0.29) is 16.5 Å². The molecule has 2 unspecified atom stereocenters. The number of hydrogen-bond acceptors (Lipinski definition) is 6. The Morgan fingerprint density at radius 2 is 2.09 bits per heavy atom. The molecule has 4 fully saturated rings. The number of ether oxygens (including phenoxy) is 1. The second-order valence-corrected chi connectivity index (χ2v) is 10.3. The zero-order chi connectivity index (χ0) is 22.5. The third-order valence-electron chi connectivity index (χ3n) is 7.39. The van der Waals surface area contributed by atoms with E-state index in [1.165, 1.54) is 18.2 Å². The summed E-state index contributed by atoms with van der Waals surface area (Å²) < 4.78 is 19.5. The molecular formula is C22H25ClFN7O. The summed E-state index contributed by atoms with van der Waals surface area (Å²) in [6.07, 6.45) is 7.27. The lowest BCUT2D eigenvalue weighted by molar-refractivity contribution is -0.0337. The van der Waals surface area contributed by atoms with Gasteiger partial charge in [0.2, 0.25) is 6.19 Å². The summed E-state index contributed by atoms with van der Waals surface area (Å²) in [6.45, 7) is 3.65. The lowest BCUT2D eigenvalue weighted by Crippen LogP contribution is -2.63. The van der Waals surface area contributed by atoms with Crippen LogP contribution in [0.25, 0.3) is 0 Å². The van der Waals surface area contributed by atoms with Gasteiger partial charge in [0.15, 0.2) is 17.3 Å². The number of rotatable bonds is 5. The number of benzene rings is 1. The molecule has 32 heavy (non-hydrogen) atoms. The van der Waals surface area contributed by atoms with Crippen molar-refractivity contribution in [3.8, 4) is 11.9 Å². The zero-order valence-electron chi connectivity index (χ0n) is 18.0. The normalized spacial score (nSPS) is 31.4. The minimum atomic E-state index is -0.961. The Morgan fingerprint density at radius 3 is 2.72 bits per heavy atom. The predicted octanol–water partition coefficient (Wildman–Crippen LogP) is 3.77. The fourth-order valence-corrected chi connectivity index (χ4v) is 6.56. The van der Waals surface area contributed by atoms with Crippen LogP contribution in [0, 0.1) is 35.0 Å². The first-order chi connectivity index (χ1) is 15.3. The molecule has 10 heteroatoms. The summed E-state index contributed by atoms with van der Waals surface area (Å²) in [5.41, 5.74) is -0.973. The fraction of sp³-hybridized carbons (Fsp3) is 0.591. The number of aromatic nitrogens is 4. The van der Waals surface area contributed by atoms with Gasteiger partial charge in [-0.2, -0.15) is 15.5 Å². The Hall–Kier alpha value is -2.73. The summed E-state index contributed by atoms with van der Waals surface area (Å²) in [6, 6.07) is 4.17. The molecule has 2 N–H and O–H groups in total. The van der Waals surface area contributed by atoms with Crippen LogP contribution in [0.5, 0.6) is 5.75 Å². The van der Waals surface area contributed by atoms with Crippen LogP contribution in [-0.4, -0.2) is 38.1 Å². The molecule has 4 aliphatic rings. The van der Waals surface area contributed by atoms with Crippen molar-refractivity contribution in [2.45, 2.75) is 63.0 Å². The molecule has 8 nitrogen and oxygen atoms in total. The number of amidine groups is 1. The van der Waals surface area contributed by atoms with Crippen molar-refractivity contribution < 1.29 is 9.13 Å². The minimum absolute atomic E-state index is 0.0120. The molecule has 0 aliphatic heterocycles. The number of aliphatic imine (C=N–C) groups is 1. The first-order valence-corrected chi connectivity index (χ1v) is 11.3. The van der Waals surface area contributed by atoms with Gasteiger partial charge in [0.05, 0.1) is 5.02 Å². The molecule has 0 radical (unpaired) electrons. The Morgan fingerprint density at radius 1 is 1.34 bits per heavy atom. The number of nitrogens with one attached hydrogen (secondary N) is 2. The molecule has 1 heterocycles. The molecule has 1 aromatic carbocycles. The van der Waals surface area contributed by atoms with E-state index in [4.69, 9.17) is 16.3 Å². The summed E-state index contributed by atoms with van der Waals surface area (Å²) >= 11 is 6.16. The second kappa shape index (κ2) is 7.69. The number of hydrogen-bond donors (Lipinski definition) is 2. The maximum absolute atomic E-state index is 13.4. The van der Waals surface area contributed by atoms with Crippen LogP contribution < -0.4 is 10.1 Å². The fourth-order valence-electron chi connectivity index (χ4n) is 6.35. The van der Waals surface area contributed by atoms with Crippen LogP contribution in [-0.2, 0) is 5.41 Å². The van der Waals surface area contributed by atoms with E-state index in [1.807, 2.05) is 20.0 Å². The zero-order valence-corrected chi connectivity index (χ0v) is 18.7. The average Bonchev–Trinajstić information content (AvgIpc) is 3.27. The molecule has 6 rings (SSSR count). The van der Waals surface area contributed by atoms with Gasteiger partial charge < -0.3 is 10.1 Å². The van der Waals surface area contributed by atoms with E-state index in [2.05, 4.69) is 30.9 Å². The molecule has 4 saturated carbocycles. The Kier molecular flexibility index (Phi) is 5.08. The number of tetrazole rings is 1. The number of nitriles is 1. The molecule has 0 amide bonds. The second-order valence-electron chi connectivity index (χ2n) is 9.90. The van der Waals surface area contributed by atoms with E-state index < -0.39 is 11.4 Å². The van der Waals surface area contributed by atoms with Crippen molar-refractivity contribution >= 4 is 17.4 Å². The van der Waals surface area contributed by atoms with Gasteiger partial charge in [-0.3, -0.25) is 0 Å². The van der Waals surface area contributed by atoms with Crippen LogP contribution in [0.2, 0.25) is 5.02 Å². The standard InChI is InChI=1S/C22H25ClFN7O/c1-21(2,32-17-4-3-15(24)7-16(17)23)19(26-11-25)27-18-13-5-12-6-14(18)10-22(8-12,9-13)20-28-30-31-29-20/h3-4,7,12-14,18H,5-6,8-10H2,1-2H3,(H,26,27)(H,28,29,30,31). The Balaban J connectivity index is 1.37. The van der Waals surface area contributed by atoms with Gasteiger partial charge in [-0.25, -0.2) is 4.39 Å². The highest BCUT2D eigenvalue weighted by atomic mass is 35.5. The number of aromatic amines is 1. The highest BCUT2D eigenvalue weighted by molar-refractivity contribution is 6.32. The number of H-pyrrole nitrogens is 1. The molecule has 0 spiro atoms. The molecule has 4 bridgehead atoms. The Labute approximate surface area is 190 Å².